The van der Waals surface area contributed by atoms with Gasteiger partial charge in [0.15, 0.2) is 0 Å². The zero-order valence-corrected chi connectivity index (χ0v) is 9.69. The number of rotatable bonds is 4. The fourth-order valence-electron chi connectivity index (χ4n) is 2.22. The van der Waals surface area contributed by atoms with Crippen molar-refractivity contribution in [3.63, 3.8) is 0 Å². The predicted molar refractivity (Wildman–Crippen MR) is 69.3 cm³/mol. The van der Waals surface area contributed by atoms with Gasteiger partial charge < -0.3 is 0 Å². The van der Waals surface area contributed by atoms with Crippen LogP contribution in [0.15, 0.2) is 60.7 Å². The SMILES string of the molecule is c1ccc(CC2(Cc3ccccc3)NN2)cc1. The van der Waals surface area contributed by atoms with E-state index in [1.165, 1.54) is 11.1 Å². The maximum atomic E-state index is 3.29. The van der Waals surface area contributed by atoms with Gasteiger partial charge in [0, 0.05) is 12.8 Å². The molecule has 2 N–H and O–H groups in total. The van der Waals surface area contributed by atoms with E-state index in [0.717, 1.165) is 12.8 Å². The number of hydrogen-bond acceptors (Lipinski definition) is 2. The zero-order valence-electron chi connectivity index (χ0n) is 9.69. The normalized spacial score (nSPS) is 16.7. The summed E-state index contributed by atoms with van der Waals surface area (Å²) in [6, 6.07) is 21.2. The standard InChI is InChI=1S/C15H16N2/c1-3-7-13(8-4-1)11-15(16-17-15)12-14-9-5-2-6-10-14/h1-10,16-17H,11-12H2. The molecule has 0 unspecified atom stereocenters. The summed E-state index contributed by atoms with van der Waals surface area (Å²) in [5, 5.41) is 0. The second-order valence-electron chi connectivity index (χ2n) is 4.66. The van der Waals surface area contributed by atoms with Crippen LogP contribution < -0.4 is 10.9 Å². The van der Waals surface area contributed by atoms with Gasteiger partial charge in [0.1, 0.15) is 5.66 Å². The first kappa shape index (κ1) is 10.5. The van der Waals surface area contributed by atoms with E-state index in [1.807, 2.05) is 0 Å². The first-order valence-corrected chi connectivity index (χ1v) is 5.99. The molecule has 0 radical (unpaired) electrons. The van der Waals surface area contributed by atoms with E-state index in [-0.39, 0.29) is 5.66 Å². The molecule has 17 heavy (non-hydrogen) atoms. The highest BCUT2D eigenvalue weighted by Gasteiger charge is 2.41. The zero-order chi connectivity index (χ0) is 11.6. The molecule has 1 aliphatic heterocycles. The molecule has 0 saturated carbocycles. The first-order chi connectivity index (χ1) is 8.36. The molecular weight excluding hydrogens is 208 g/mol. The molecule has 0 amide bonds. The van der Waals surface area contributed by atoms with Crippen molar-refractivity contribution in [3.8, 4) is 0 Å². The van der Waals surface area contributed by atoms with Crippen LogP contribution in [0.1, 0.15) is 11.1 Å². The van der Waals surface area contributed by atoms with Crippen molar-refractivity contribution in [1.82, 2.24) is 10.9 Å². The van der Waals surface area contributed by atoms with Crippen molar-refractivity contribution in [3.05, 3.63) is 71.8 Å². The molecule has 2 nitrogen and oxygen atoms in total. The van der Waals surface area contributed by atoms with Gasteiger partial charge in [0.05, 0.1) is 0 Å². The van der Waals surface area contributed by atoms with Gasteiger partial charge in [0.2, 0.25) is 0 Å². The fraction of sp³-hybridized carbons (Fsp3) is 0.200. The van der Waals surface area contributed by atoms with Crippen LogP contribution >= 0.6 is 0 Å². The molecular formula is C15H16N2. The largest absolute Gasteiger partial charge is 0.234 e. The average Bonchev–Trinajstić information content (AvgIpc) is 3.11. The minimum Gasteiger partial charge on any atom is -0.234 e. The smallest absolute Gasteiger partial charge is 0.102 e. The van der Waals surface area contributed by atoms with Gasteiger partial charge in [0.25, 0.3) is 0 Å². The molecule has 2 aromatic rings. The van der Waals surface area contributed by atoms with Gasteiger partial charge in [-0.3, -0.25) is 0 Å². The van der Waals surface area contributed by atoms with Crippen LogP contribution in [0.4, 0.5) is 0 Å². The lowest BCUT2D eigenvalue weighted by molar-refractivity contribution is 0.597. The second kappa shape index (κ2) is 4.32. The van der Waals surface area contributed by atoms with Gasteiger partial charge in [-0.1, -0.05) is 60.7 Å². The van der Waals surface area contributed by atoms with Crippen LogP contribution in [-0.4, -0.2) is 5.66 Å². The Balaban J connectivity index is 1.71. The third-order valence-corrected chi connectivity index (χ3v) is 3.18. The molecule has 86 valence electrons. The molecule has 2 aromatic carbocycles. The van der Waals surface area contributed by atoms with Gasteiger partial charge in [-0.2, -0.15) is 0 Å². The summed E-state index contributed by atoms with van der Waals surface area (Å²) in [5.74, 6) is 0. The minimum absolute atomic E-state index is 0.0582. The topological polar surface area (TPSA) is 43.9 Å². The summed E-state index contributed by atoms with van der Waals surface area (Å²) in [7, 11) is 0. The summed E-state index contributed by atoms with van der Waals surface area (Å²) in [6.07, 6.45) is 2.03. The van der Waals surface area contributed by atoms with Gasteiger partial charge >= 0.3 is 0 Å². The lowest BCUT2D eigenvalue weighted by atomic mass is 9.97. The highest BCUT2D eigenvalue weighted by molar-refractivity contribution is 5.24. The number of hydrazine groups is 1. The van der Waals surface area contributed by atoms with Gasteiger partial charge in [-0.05, 0) is 11.1 Å². The van der Waals surface area contributed by atoms with E-state index >= 15 is 0 Å². The highest BCUT2D eigenvalue weighted by Crippen LogP contribution is 2.22. The molecule has 3 rings (SSSR count). The van der Waals surface area contributed by atoms with Crippen LogP contribution in [0.25, 0.3) is 0 Å². The lowest BCUT2D eigenvalue weighted by Crippen LogP contribution is -2.24. The van der Waals surface area contributed by atoms with Crippen LogP contribution in [0, 0.1) is 0 Å². The quantitative estimate of drug-likeness (QED) is 0.782. The molecule has 2 heteroatoms. The third kappa shape index (κ3) is 2.54. The molecule has 1 heterocycles. The van der Waals surface area contributed by atoms with Crippen molar-refractivity contribution in [1.29, 1.82) is 0 Å². The van der Waals surface area contributed by atoms with Crippen LogP contribution in [0.5, 0.6) is 0 Å². The van der Waals surface area contributed by atoms with Crippen molar-refractivity contribution >= 4 is 0 Å². The summed E-state index contributed by atoms with van der Waals surface area (Å²) < 4.78 is 0. The minimum atomic E-state index is 0.0582. The molecule has 0 spiro atoms. The van der Waals surface area contributed by atoms with Crippen molar-refractivity contribution in [2.75, 3.05) is 0 Å². The Kier molecular flexibility index (Phi) is 2.67. The maximum Gasteiger partial charge on any atom is 0.102 e. The molecule has 0 aromatic heterocycles. The Bertz CT molecular complexity index is 431. The monoisotopic (exact) mass is 224 g/mol. The van der Waals surface area contributed by atoms with Gasteiger partial charge in [-0.25, -0.2) is 10.9 Å². The Morgan fingerprint density at radius 3 is 1.41 bits per heavy atom. The van der Waals surface area contributed by atoms with Crippen LogP contribution in [0.2, 0.25) is 0 Å². The van der Waals surface area contributed by atoms with Crippen molar-refractivity contribution < 1.29 is 0 Å². The van der Waals surface area contributed by atoms with Gasteiger partial charge in [-0.15, -0.1) is 0 Å². The van der Waals surface area contributed by atoms with E-state index in [2.05, 4.69) is 71.5 Å². The predicted octanol–water partition coefficient (Wildman–Crippen LogP) is 2.28. The van der Waals surface area contributed by atoms with Crippen LogP contribution in [0.3, 0.4) is 0 Å². The summed E-state index contributed by atoms with van der Waals surface area (Å²) in [4.78, 5) is 0. The summed E-state index contributed by atoms with van der Waals surface area (Å²) in [5.41, 5.74) is 9.37. The number of hydrogen-bond donors (Lipinski definition) is 2. The Hall–Kier alpha value is -1.64. The fourth-order valence-corrected chi connectivity index (χ4v) is 2.22. The maximum absolute atomic E-state index is 3.29. The highest BCUT2D eigenvalue weighted by atomic mass is 15.7. The second-order valence-corrected chi connectivity index (χ2v) is 4.66. The van der Waals surface area contributed by atoms with Crippen molar-refractivity contribution in [2.45, 2.75) is 18.5 Å². The average molecular weight is 224 g/mol. The molecule has 1 aliphatic rings. The third-order valence-electron chi connectivity index (χ3n) is 3.18. The van der Waals surface area contributed by atoms with Crippen molar-refractivity contribution in [2.24, 2.45) is 0 Å². The van der Waals surface area contributed by atoms with Crippen LogP contribution in [-0.2, 0) is 12.8 Å². The summed E-state index contributed by atoms with van der Waals surface area (Å²) in [6.45, 7) is 0. The molecule has 0 bridgehead atoms. The first-order valence-electron chi connectivity index (χ1n) is 5.99. The van der Waals surface area contributed by atoms with E-state index < -0.39 is 0 Å². The molecule has 0 aliphatic carbocycles. The molecule has 1 fully saturated rings. The Morgan fingerprint density at radius 2 is 1.06 bits per heavy atom. The summed E-state index contributed by atoms with van der Waals surface area (Å²) >= 11 is 0. The Labute approximate surface area is 102 Å². The molecule has 0 atom stereocenters. The van der Waals surface area contributed by atoms with E-state index in [1.54, 1.807) is 0 Å². The van der Waals surface area contributed by atoms with E-state index in [9.17, 15) is 0 Å². The number of nitrogens with one attached hydrogen (secondary N) is 2. The number of benzene rings is 2. The molecule has 1 saturated heterocycles. The van der Waals surface area contributed by atoms with E-state index in [0.29, 0.717) is 0 Å². The van der Waals surface area contributed by atoms with E-state index in [4.69, 9.17) is 0 Å². The lowest BCUT2D eigenvalue weighted by Gasteiger charge is -2.12. The Morgan fingerprint density at radius 1 is 0.647 bits per heavy atom.